The number of aryl methyl sites for hydroxylation is 1. The number of hydrogen-bond donors (Lipinski definition) is 0. The predicted octanol–water partition coefficient (Wildman–Crippen LogP) is 3.60. The summed E-state index contributed by atoms with van der Waals surface area (Å²) in [6.45, 7) is -1.83. The van der Waals surface area contributed by atoms with Crippen molar-refractivity contribution < 1.29 is 8.22 Å². The number of pyridine rings is 1. The summed E-state index contributed by atoms with van der Waals surface area (Å²) in [4.78, 5) is 4.38. The van der Waals surface area contributed by atoms with E-state index in [-0.39, 0.29) is 0 Å². The second kappa shape index (κ2) is 4.45. The first-order valence-corrected chi connectivity index (χ1v) is 8.01. The Kier molecular flexibility index (Phi) is 1.70. The molecule has 0 saturated carbocycles. The third kappa shape index (κ3) is 2.64. The van der Waals surface area contributed by atoms with Crippen molar-refractivity contribution in [3.63, 3.8) is 0 Å². The molecule has 0 spiro atoms. The molecule has 0 bridgehead atoms. The predicted molar refractivity (Wildman–Crippen MR) is 77.4 cm³/mol. The molecule has 0 saturated heterocycles. The highest BCUT2D eigenvalue weighted by molar-refractivity contribution is 6.88. The summed E-state index contributed by atoms with van der Waals surface area (Å²) in [5.41, 5.74) is 2.44. The summed E-state index contributed by atoms with van der Waals surface area (Å²) in [7, 11) is -3.75. The maximum atomic E-state index is 7.77. The van der Waals surface area contributed by atoms with Crippen LogP contribution < -0.4 is 5.19 Å². The molecule has 0 aliphatic heterocycles. The van der Waals surface area contributed by atoms with Crippen molar-refractivity contribution in [3.05, 3.63) is 48.2 Å². The molecule has 2 rings (SSSR count). The van der Waals surface area contributed by atoms with E-state index in [0.717, 1.165) is 16.8 Å². The van der Waals surface area contributed by atoms with Gasteiger partial charge in [-0.25, -0.2) is 0 Å². The maximum Gasteiger partial charge on any atom is 0.0796 e. The van der Waals surface area contributed by atoms with Gasteiger partial charge in [-0.1, -0.05) is 55.9 Å². The lowest BCUT2D eigenvalue weighted by Crippen LogP contribution is -2.38. The molecule has 88 valence electrons. The first-order chi connectivity index (χ1) is 10.5. The fourth-order valence-electron chi connectivity index (χ4n) is 1.75. The minimum Gasteiger partial charge on any atom is -0.256 e. The number of rotatable bonds is 2. The molecule has 1 aromatic carbocycles. The molecule has 0 fully saturated rings. The Balaban J connectivity index is 2.59. The summed E-state index contributed by atoms with van der Waals surface area (Å²) in [6.07, 6.45) is 1.43. The van der Waals surface area contributed by atoms with Gasteiger partial charge in [0.25, 0.3) is 0 Å². The molecule has 0 aliphatic rings. The van der Waals surface area contributed by atoms with Gasteiger partial charge < -0.3 is 0 Å². The zero-order valence-corrected chi connectivity index (χ0v) is 11.0. The van der Waals surface area contributed by atoms with Crippen molar-refractivity contribution in [1.29, 1.82) is 0 Å². The molecule has 1 aromatic heterocycles. The fourth-order valence-corrected chi connectivity index (χ4v) is 2.57. The Morgan fingerprint density at radius 1 is 1.18 bits per heavy atom. The SMILES string of the molecule is [2H]C([2H])([2H])[Si](C)(c1cnc(-c2ccccc2)c(C)c1)C([2H])([2H])[2H]. The second-order valence-corrected chi connectivity index (χ2v) is 7.21. The maximum absolute atomic E-state index is 7.77. The van der Waals surface area contributed by atoms with Gasteiger partial charge in [0.15, 0.2) is 0 Å². The molecular formula is C15H19NSi. The van der Waals surface area contributed by atoms with E-state index in [1.807, 2.05) is 37.3 Å². The summed E-state index contributed by atoms with van der Waals surface area (Å²) in [5, 5.41) is 0.342. The Labute approximate surface area is 113 Å². The molecule has 0 unspecified atom stereocenters. The summed E-state index contributed by atoms with van der Waals surface area (Å²) in [6, 6.07) is 11.2. The largest absolute Gasteiger partial charge is 0.256 e. The number of aromatic nitrogens is 1. The zero-order valence-electron chi connectivity index (χ0n) is 16.0. The molecular weight excluding hydrogens is 222 g/mol. The van der Waals surface area contributed by atoms with Gasteiger partial charge in [0.2, 0.25) is 0 Å². The molecule has 0 N–H and O–H groups in total. The first kappa shape index (κ1) is 6.50. The zero-order chi connectivity index (χ0) is 17.5. The van der Waals surface area contributed by atoms with Gasteiger partial charge in [0, 0.05) is 20.0 Å². The lowest BCUT2D eigenvalue weighted by atomic mass is 10.1. The highest BCUT2D eigenvalue weighted by atomic mass is 28.3. The van der Waals surface area contributed by atoms with Crippen molar-refractivity contribution >= 4 is 13.3 Å². The van der Waals surface area contributed by atoms with E-state index in [1.54, 1.807) is 6.07 Å². The average molecular weight is 247 g/mol. The molecule has 0 amide bonds. The molecule has 0 radical (unpaired) electrons. The minimum absolute atomic E-state index is 0.342. The molecule has 0 atom stereocenters. The smallest absolute Gasteiger partial charge is 0.0796 e. The quantitative estimate of drug-likeness (QED) is 0.739. The Hall–Kier alpha value is -1.41. The second-order valence-electron chi connectivity index (χ2n) is 4.38. The van der Waals surface area contributed by atoms with Crippen LogP contribution >= 0.6 is 0 Å². The standard InChI is InChI=1S/C15H19NSi/c1-12-10-14(17(2,3)4)11-16-15(12)13-8-6-5-7-9-13/h5-11H,1-4H3/i2D3,3D3. The lowest BCUT2D eigenvalue weighted by Gasteiger charge is -2.17. The third-order valence-corrected chi connectivity index (χ3v) is 4.13. The molecule has 17 heavy (non-hydrogen) atoms. The van der Waals surface area contributed by atoms with Crippen molar-refractivity contribution in [3.8, 4) is 11.3 Å². The number of hydrogen-bond acceptors (Lipinski definition) is 1. The van der Waals surface area contributed by atoms with Crippen LogP contribution in [0.3, 0.4) is 0 Å². The van der Waals surface area contributed by atoms with Crippen molar-refractivity contribution in [1.82, 2.24) is 4.98 Å². The van der Waals surface area contributed by atoms with E-state index in [2.05, 4.69) is 4.98 Å². The van der Waals surface area contributed by atoms with Crippen LogP contribution in [0, 0.1) is 6.92 Å². The van der Waals surface area contributed by atoms with E-state index in [0.29, 0.717) is 5.19 Å². The van der Waals surface area contributed by atoms with Gasteiger partial charge in [-0.2, -0.15) is 0 Å². The van der Waals surface area contributed by atoms with Crippen LogP contribution in [0.2, 0.25) is 19.5 Å². The highest BCUT2D eigenvalue weighted by Crippen LogP contribution is 2.19. The average Bonchev–Trinajstić information content (AvgIpc) is 2.44. The van der Waals surface area contributed by atoms with Gasteiger partial charge in [-0.15, -0.1) is 0 Å². The van der Waals surface area contributed by atoms with Gasteiger partial charge in [-0.05, 0) is 17.7 Å². The third-order valence-electron chi connectivity index (χ3n) is 2.70. The molecule has 2 heteroatoms. The van der Waals surface area contributed by atoms with Gasteiger partial charge in [0.1, 0.15) is 0 Å². The van der Waals surface area contributed by atoms with Crippen LogP contribution in [-0.4, -0.2) is 13.1 Å². The van der Waals surface area contributed by atoms with Crippen molar-refractivity contribution in [2.75, 3.05) is 0 Å². The van der Waals surface area contributed by atoms with Crippen LogP contribution in [0.5, 0.6) is 0 Å². The summed E-state index contributed by atoms with van der Waals surface area (Å²) >= 11 is 0. The lowest BCUT2D eigenvalue weighted by molar-refractivity contribution is 1.28. The monoisotopic (exact) mass is 247 g/mol. The van der Waals surface area contributed by atoms with Crippen LogP contribution in [0.4, 0.5) is 0 Å². The van der Waals surface area contributed by atoms with E-state index in [9.17, 15) is 0 Å². The molecule has 1 heterocycles. The highest BCUT2D eigenvalue weighted by Gasteiger charge is 2.17. The van der Waals surface area contributed by atoms with Crippen molar-refractivity contribution in [2.24, 2.45) is 0 Å². The van der Waals surface area contributed by atoms with Crippen LogP contribution in [-0.2, 0) is 0 Å². The molecule has 0 aliphatic carbocycles. The van der Waals surface area contributed by atoms with Crippen molar-refractivity contribution in [2.45, 2.75) is 26.4 Å². The van der Waals surface area contributed by atoms with E-state index >= 15 is 0 Å². The van der Waals surface area contributed by atoms with Gasteiger partial charge >= 0.3 is 0 Å². The minimum atomic E-state index is -3.75. The Morgan fingerprint density at radius 2 is 1.88 bits per heavy atom. The summed E-state index contributed by atoms with van der Waals surface area (Å²) < 4.78 is 46.6. The van der Waals surface area contributed by atoms with Gasteiger partial charge in [0.05, 0.1) is 13.8 Å². The topological polar surface area (TPSA) is 12.9 Å². The fraction of sp³-hybridized carbons (Fsp3) is 0.267. The summed E-state index contributed by atoms with van der Waals surface area (Å²) in [5.74, 6) is 0. The van der Waals surface area contributed by atoms with Crippen LogP contribution in [0.1, 0.15) is 13.8 Å². The number of benzene rings is 1. The van der Waals surface area contributed by atoms with Crippen LogP contribution in [0.15, 0.2) is 42.6 Å². The Bertz CT molecular complexity index is 679. The van der Waals surface area contributed by atoms with E-state index < -0.39 is 21.0 Å². The Morgan fingerprint density at radius 3 is 2.47 bits per heavy atom. The molecule has 2 aromatic rings. The number of nitrogens with zero attached hydrogens (tertiary/aromatic N) is 1. The normalized spacial score (nSPS) is 18.2. The first-order valence-electron chi connectivity index (χ1n) is 8.51. The van der Waals surface area contributed by atoms with Gasteiger partial charge in [-0.3, -0.25) is 4.98 Å². The van der Waals surface area contributed by atoms with Crippen LogP contribution in [0.25, 0.3) is 11.3 Å². The van der Waals surface area contributed by atoms with E-state index in [4.69, 9.17) is 8.22 Å². The molecule has 1 nitrogen and oxygen atoms in total. The van der Waals surface area contributed by atoms with E-state index in [1.165, 1.54) is 12.7 Å².